The number of hydrogen-bond acceptors (Lipinski definition) is 7. The number of alkyl halides is 3. The largest absolute Gasteiger partial charge is 0.497 e. The van der Waals surface area contributed by atoms with Crippen molar-refractivity contribution in [2.75, 3.05) is 33.3 Å². The van der Waals surface area contributed by atoms with Gasteiger partial charge in [-0.15, -0.1) is 0 Å². The van der Waals surface area contributed by atoms with Crippen molar-refractivity contribution in [1.29, 1.82) is 0 Å². The van der Waals surface area contributed by atoms with Crippen molar-refractivity contribution < 1.29 is 40.7 Å². The number of ether oxygens (including phenoxy) is 1. The minimum absolute atomic E-state index is 0.0238. The Kier molecular flexibility index (Phi) is 6.47. The van der Waals surface area contributed by atoms with Gasteiger partial charge in [0.2, 0.25) is 10.0 Å². The molecule has 0 atom stereocenters. The second-order valence-electron chi connectivity index (χ2n) is 7.68. The summed E-state index contributed by atoms with van der Waals surface area (Å²) in [7, 11) is -2.58. The minimum Gasteiger partial charge on any atom is -0.497 e. The Morgan fingerprint density at radius 1 is 1.06 bits per heavy atom. The first-order valence-electron chi connectivity index (χ1n) is 10.3. The van der Waals surface area contributed by atoms with Crippen molar-refractivity contribution in [2.24, 2.45) is 5.16 Å². The van der Waals surface area contributed by atoms with Gasteiger partial charge in [0.15, 0.2) is 5.76 Å². The number of rotatable bonds is 4. The second kappa shape index (κ2) is 9.23. The Morgan fingerprint density at radius 2 is 1.71 bits per heavy atom. The highest BCUT2D eigenvalue weighted by atomic mass is 32.2. The van der Waals surface area contributed by atoms with Gasteiger partial charge in [-0.3, -0.25) is 4.79 Å². The fraction of sp³-hybridized carbons (Fsp3) is 0.273. The molecule has 1 fully saturated rings. The van der Waals surface area contributed by atoms with Crippen LogP contribution in [-0.4, -0.2) is 62.0 Å². The summed E-state index contributed by atoms with van der Waals surface area (Å²) < 4.78 is 76.0. The molecule has 1 aliphatic heterocycles. The lowest BCUT2D eigenvalue weighted by molar-refractivity contribution is -0.137. The smallest absolute Gasteiger partial charge is 0.416 e. The van der Waals surface area contributed by atoms with Crippen LogP contribution in [0.4, 0.5) is 13.2 Å². The van der Waals surface area contributed by atoms with E-state index in [0.29, 0.717) is 23.3 Å². The van der Waals surface area contributed by atoms with Crippen molar-refractivity contribution in [3.63, 3.8) is 0 Å². The van der Waals surface area contributed by atoms with E-state index in [1.54, 1.807) is 12.1 Å². The zero-order valence-electron chi connectivity index (χ0n) is 18.3. The van der Waals surface area contributed by atoms with E-state index in [1.165, 1.54) is 24.1 Å². The maximum absolute atomic E-state index is 13.0. The molecule has 0 unspecified atom stereocenters. The highest BCUT2D eigenvalue weighted by Crippen LogP contribution is 2.30. The molecule has 1 aromatic heterocycles. The van der Waals surface area contributed by atoms with Gasteiger partial charge in [-0.1, -0.05) is 5.16 Å². The number of sulfonamides is 1. The number of amides is 1. The topological polar surface area (TPSA) is 113 Å². The van der Waals surface area contributed by atoms with E-state index in [0.717, 1.165) is 16.4 Å². The summed E-state index contributed by atoms with van der Waals surface area (Å²) in [6.45, 7) is -0.0760. The van der Waals surface area contributed by atoms with Crippen LogP contribution >= 0.6 is 0 Å². The monoisotopic (exact) mass is 511 g/mol. The van der Waals surface area contributed by atoms with Crippen molar-refractivity contribution in [3.8, 4) is 5.75 Å². The van der Waals surface area contributed by atoms with Gasteiger partial charge in [-0.25, -0.2) is 8.42 Å². The predicted octanol–water partition coefficient (Wildman–Crippen LogP) is 2.90. The van der Waals surface area contributed by atoms with Crippen LogP contribution < -0.4 is 10.1 Å². The molecule has 0 spiro atoms. The average Bonchev–Trinajstić information content (AvgIpc) is 2.86. The molecule has 0 radical (unpaired) electrons. The Hall–Kier alpha value is -3.58. The number of benzene rings is 2. The highest BCUT2D eigenvalue weighted by Gasteiger charge is 2.33. The maximum Gasteiger partial charge on any atom is 0.416 e. The Balaban J connectivity index is 1.51. The molecule has 4 rings (SSSR count). The third kappa shape index (κ3) is 4.82. The second-order valence-corrected chi connectivity index (χ2v) is 9.61. The fourth-order valence-electron chi connectivity index (χ4n) is 3.72. The lowest BCUT2D eigenvalue weighted by Crippen LogP contribution is -2.50. The number of carbonyl (C=O) groups is 1. The summed E-state index contributed by atoms with van der Waals surface area (Å²) in [6, 6.07) is 9.34. The van der Waals surface area contributed by atoms with Crippen LogP contribution in [0.15, 0.2) is 63.0 Å². The molecule has 0 aliphatic carbocycles. The minimum atomic E-state index is -4.57. The third-order valence-electron chi connectivity index (χ3n) is 5.62. The number of nitrogens with zero attached hydrogens (tertiary/aromatic N) is 3. The fourth-order valence-corrected chi connectivity index (χ4v) is 5.14. The summed E-state index contributed by atoms with van der Waals surface area (Å²) in [5.74, 6) is -0.180. The normalized spacial score (nSPS) is 16.0. The molecule has 9 nitrogen and oxygen atoms in total. The molecule has 3 aromatic rings. The Labute approximate surface area is 197 Å². The van der Waals surface area contributed by atoms with Crippen LogP contribution in [0.5, 0.6) is 5.75 Å². The van der Waals surface area contributed by atoms with E-state index >= 15 is 0 Å². The van der Waals surface area contributed by atoms with Crippen LogP contribution in [0.25, 0.3) is 11.0 Å². The molecule has 13 heteroatoms. The van der Waals surface area contributed by atoms with Gasteiger partial charge in [0, 0.05) is 43.7 Å². The Morgan fingerprint density at radius 3 is 2.29 bits per heavy atom. The molecular formula is C22H20F3N3O6S. The number of carbonyl (C=O) groups excluding carboxylic acids is 1. The zero-order chi connectivity index (χ0) is 25.4. The predicted molar refractivity (Wildman–Crippen MR) is 116 cm³/mol. The van der Waals surface area contributed by atoms with Crippen molar-refractivity contribution in [1.82, 2.24) is 9.21 Å². The first-order chi connectivity index (χ1) is 16.5. The molecule has 186 valence electrons. The summed E-state index contributed by atoms with van der Waals surface area (Å²) in [4.78, 5) is 14.1. The van der Waals surface area contributed by atoms with Gasteiger partial charge in [-0.2, -0.15) is 17.5 Å². The zero-order valence-corrected chi connectivity index (χ0v) is 19.1. The Bertz CT molecular complexity index is 1430. The van der Waals surface area contributed by atoms with E-state index in [-0.39, 0.29) is 47.8 Å². The van der Waals surface area contributed by atoms with Gasteiger partial charge in [0.25, 0.3) is 5.91 Å². The van der Waals surface area contributed by atoms with Crippen molar-refractivity contribution >= 4 is 26.9 Å². The standard InChI is InChI=1S/C22H20F3N3O6S/c1-33-15-4-7-17-18(26-30)13-20(34-19(17)12-15)21(29)27-8-10-28(11-9-27)35(31,32)16-5-2-14(3-6-16)22(23,24)25/h2-7,12-13,30H,8-11H2,1H3/b26-18+. The van der Waals surface area contributed by atoms with E-state index < -0.39 is 27.7 Å². The van der Waals surface area contributed by atoms with Gasteiger partial charge in [0.1, 0.15) is 16.7 Å². The van der Waals surface area contributed by atoms with Crippen molar-refractivity contribution in [3.05, 3.63) is 65.2 Å². The quantitative estimate of drug-likeness (QED) is 0.426. The molecule has 1 N–H and O–H groups in total. The number of methoxy groups -OCH3 is 1. The van der Waals surface area contributed by atoms with E-state index in [9.17, 15) is 31.6 Å². The summed E-state index contributed by atoms with van der Waals surface area (Å²) >= 11 is 0. The lowest BCUT2D eigenvalue weighted by atomic mass is 10.2. The molecule has 2 aromatic carbocycles. The number of piperazine rings is 1. The van der Waals surface area contributed by atoms with Gasteiger partial charge in [-0.05, 0) is 36.4 Å². The van der Waals surface area contributed by atoms with E-state index in [1.807, 2.05) is 0 Å². The third-order valence-corrected chi connectivity index (χ3v) is 7.53. The van der Waals surface area contributed by atoms with Crippen molar-refractivity contribution in [2.45, 2.75) is 11.1 Å². The molecule has 1 amide bonds. The first-order valence-corrected chi connectivity index (χ1v) is 11.8. The molecule has 1 saturated heterocycles. The van der Waals surface area contributed by atoms with E-state index in [2.05, 4.69) is 5.16 Å². The summed E-state index contributed by atoms with van der Waals surface area (Å²) in [6.07, 6.45) is -4.57. The highest BCUT2D eigenvalue weighted by molar-refractivity contribution is 7.89. The van der Waals surface area contributed by atoms with Crippen LogP contribution in [0.3, 0.4) is 0 Å². The van der Waals surface area contributed by atoms with Gasteiger partial charge < -0.3 is 19.3 Å². The van der Waals surface area contributed by atoms with Crippen LogP contribution in [0.2, 0.25) is 0 Å². The average molecular weight is 511 g/mol. The first kappa shape index (κ1) is 24.5. The molecular weight excluding hydrogens is 491 g/mol. The lowest BCUT2D eigenvalue weighted by Gasteiger charge is -2.33. The number of halogens is 3. The van der Waals surface area contributed by atoms with Crippen LogP contribution in [-0.2, 0) is 16.2 Å². The van der Waals surface area contributed by atoms with Crippen LogP contribution in [0.1, 0.15) is 16.1 Å². The van der Waals surface area contributed by atoms with Gasteiger partial charge >= 0.3 is 6.18 Å². The molecule has 1 aliphatic rings. The summed E-state index contributed by atoms with van der Waals surface area (Å²) in [5.41, 5.74) is -0.691. The van der Waals surface area contributed by atoms with Gasteiger partial charge in [0.05, 0.1) is 17.6 Å². The SMILES string of the molecule is COc1ccc2/c(=N/O)cc(C(=O)N3CCN(S(=O)(=O)c4ccc(C(F)(F)F)cc4)CC3)oc2c1. The molecule has 2 heterocycles. The van der Waals surface area contributed by atoms with Crippen LogP contribution in [0, 0.1) is 0 Å². The molecule has 35 heavy (non-hydrogen) atoms. The molecule has 0 bridgehead atoms. The number of fused-ring (bicyclic) bond motifs is 1. The maximum atomic E-state index is 13.0. The van der Waals surface area contributed by atoms with E-state index in [4.69, 9.17) is 9.15 Å². The molecule has 0 saturated carbocycles. The number of hydrogen-bond donors (Lipinski definition) is 1. The summed E-state index contributed by atoms with van der Waals surface area (Å²) in [5, 5.41) is 13.1.